The standard InChI is InChI=1S/C51H56N8O8/c1-28(2)42(56-50(62)66-5)48(60)58-24-29(26-64-3)20-40(58)46-52-38-18-14-34-22-32(12-16-36(34)44(38)54-46)33-13-17-37-35(23-33)15-19-39-45(37)55-47(53-39)41-21-30(27-65-4)25-59(41)49(61)43(57-51(63)67-6)31-10-8-7-9-11-31/h7-19,22-23,28-30,40-43H,20-21,24-27H2,1-6H3,(H,52,54)(H,53,55)(H,56,62)(H,57,63)/t29-,30-,40-,41-,42-,43+/m0/s1. The van der Waals surface area contributed by atoms with Crippen molar-refractivity contribution in [1.29, 1.82) is 0 Å². The highest BCUT2D eigenvalue weighted by molar-refractivity contribution is 6.07. The number of aromatic amines is 2. The Hall–Kier alpha value is -7.04. The summed E-state index contributed by atoms with van der Waals surface area (Å²) in [7, 11) is 5.89. The lowest BCUT2D eigenvalue weighted by molar-refractivity contribution is -0.136. The van der Waals surface area contributed by atoms with Crippen LogP contribution in [-0.2, 0) is 28.5 Å². The van der Waals surface area contributed by atoms with Crippen LogP contribution in [0.5, 0.6) is 0 Å². The largest absolute Gasteiger partial charge is 0.453 e. The maximum absolute atomic E-state index is 14.4. The van der Waals surface area contributed by atoms with Crippen molar-refractivity contribution < 1.29 is 38.1 Å². The highest BCUT2D eigenvalue weighted by Gasteiger charge is 2.43. The van der Waals surface area contributed by atoms with E-state index in [0.29, 0.717) is 56.4 Å². The second-order valence-electron chi connectivity index (χ2n) is 18.0. The zero-order chi connectivity index (χ0) is 46.9. The first-order valence-electron chi connectivity index (χ1n) is 22.7. The van der Waals surface area contributed by atoms with Crippen LogP contribution in [0.3, 0.4) is 0 Å². The maximum atomic E-state index is 14.4. The number of hydrogen-bond donors (Lipinski definition) is 4. The monoisotopic (exact) mass is 908 g/mol. The zero-order valence-corrected chi connectivity index (χ0v) is 38.5. The van der Waals surface area contributed by atoms with Gasteiger partial charge in [-0.05, 0) is 70.5 Å². The lowest BCUT2D eigenvalue weighted by Gasteiger charge is -2.30. The molecule has 7 aromatic rings. The minimum atomic E-state index is -0.949. The Morgan fingerprint density at radius 1 is 0.642 bits per heavy atom. The molecule has 0 radical (unpaired) electrons. The lowest BCUT2D eigenvalue weighted by Crippen LogP contribution is -2.51. The number of nitrogens with zero attached hydrogens (tertiary/aromatic N) is 4. The summed E-state index contributed by atoms with van der Waals surface area (Å²) in [6.07, 6.45) is -0.0419. The van der Waals surface area contributed by atoms with E-state index in [4.69, 9.17) is 28.9 Å². The molecule has 67 heavy (non-hydrogen) atoms. The van der Waals surface area contributed by atoms with Crippen LogP contribution in [0.2, 0.25) is 0 Å². The van der Waals surface area contributed by atoms with Crippen LogP contribution in [-0.4, -0.2) is 115 Å². The lowest BCUT2D eigenvalue weighted by atomic mass is 9.98. The summed E-state index contributed by atoms with van der Waals surface area (Å²) >= 11 is 0. The third-order valence-corrected chi connectivity index (χ3v) is 13.3. The van der Waals surface area contributed by atoms with Crippen molar-refractivity contribution in [3.05, 3.63) is 108 Å². The van der Waals surface area contributed by atoms with Gasteiger partial charge >= 0.3 is 12.2 Å². The van der Waals surface area contributed by atoms with Gasteiger partial charge in [0, 0.05) is 49.9 Å². The Morgan fingerprint density at radius 3 is 1.61 bits per heavy atom. The van der Waals surface area contributed by atoms with Crippen molar-refractivity contribution in [3.63, 3.8) is 0 Å². The van der Waals surface area contributed by atoms with Gasteiger partial charge in [0.25, 0.3) is 5.91 Å². The van der Waals surface area contributed by atoms with Gasteiger partial charge in [-0.1, -0.05) is 80.6 Å². The first kappa shape index (κ1) is 45.1. The number of fused-ring (bicyclic) bond motifs is 6. The summed E-state index contributed by atoms with van der Waals surface area (Å²) in [5.74, 6) is 0.924. The molecule has 5 aromatic carbocycles. The minimum Gasteiger partial charge on any atom is -0.453 e. The van der Waals surface area contributed by atoms with E-state index in [9.17, 15) is 19.2 Å². The molecule has 0 saturated carbocycles. The van der Waals surface area contributed by atoms with Gasteiger partial charge in [-0.25, -0.2) is 19.6 Å². The molecule has 4 N–H and O–H groups in total. The van der Waals surface area contributed by atoms with Crippen LogP contribution in [0.4, 0.5) is 9.59 Å². The van der Waals surface area contributed by atoms with Crippen molar-refractivity contribution in [1.82, 2.24) is 40.4 Å². The molecule has 4 amide bonds. The SMILES string of the molecule is COC[C@H]1C[C@@H](c2nc3c(ccc4cc(-c5ccc6c(ccc7[nH]c([C@@H]8C[C@H](COC)CN8C(=O)[C@H](NC(=O)OC)c8ccccc8)nc76)c5)ccc43)[nH]2)N(C(=O)[C@@H](NC(=O)OC)C(C)C)C1. The molecule has 2 aliphatic heterocycles. The summed E-state index contributed by atoms with van der Waals surface area (Å²) in [5.41, 5.74) is 6.08. The van der Waals surface area contributed by atoms with Gasteiger partial charge in [0.2, 0.25) is 5.91 Å². The Bertz CT molecular complexity index is 2970. The summed E-state index contributed by atoms with van der Waals surface area (Å²) < 4.78 is 20.8. The van der Waals surface area contributed by atoms with E-state index in [1.807, 2.05) is 61.2 Å². The van der Waals surface area contributed by atoms with Gasteiger partial charge in [0.05, 0.1) is 61.6 Å². The summed E-state index contributed by atoms with van der Waals surface area (Å²) in [5, 5.41) is 9.48. The number of benzene rings is 5. The number of hydrogen-bond acceptors (Lipinski definition) is 10. The van der Waals surface area contributed by atoms with Gasteiger partial charge in [0.15, 0.2) is 0 Å². The summed E-state index contributed by atoms with van der Waals surface area (Å²) in [6, 6.07) is 27.7. The molecule has 2 aromatic heterocycles. The van der Waals surface area contributed by atoms with Crippen LogP contribution >= 0.6 is 0 Å². The van der Waals surface area contributed by atoms with Gasteiger partial charge in [0.1, 0.15) is 23.7 Å². The van der Waals surface area contributed by atoms with E-state index >= 15 is 0 Å². The molecular formula is C51H56N8O8. The average Bonchev–Trinajstić information content (AvgIpc) is 4.17. The van der Waals surface area contributed by atoms with Gasteiger partial charge in [-0.15, -0.1) is 0 Å². The van der Waals surface area contributed by atoms with Crippen LogP contribution in [0.1, 0.15) is 62.0 Å². The first-order valence-corrected chi connectivity index (χ1v) is 22.7. The second kappa shape index (κ2) is 19.1. The van der Waals surface area contributed by atoms with Crippen molar-refractivity contribution in [2.75, 3.05) is 54.7 Å². The number of rotatable bonds is 13. The van der Waals surface area contributed by atoms with Crippen molar-refractivity contribution >= 4 is 67.6 Å². The number of methoxy groups -OCH3 is 4. The number of carbonyl (C=O) groups excluding carboxylic acids is 4. The van der Waals surface area contributed by atoms with Crippen LogP contribution < -0.4 is 10.6 Å². The molecule has 2 saturated heterocycles. The third-order valence-electron chi connectivity index (χ3n) is 13.3. The highest BCUT2D eigenvalue weighted by Crippen LogP contribution is 2.40. The Labute approximate surface area is 387 Å². The average molecular weight is 909 g/mol. The van der Waals surface area contributed by atoms with Crippen LogP contribution in [0.25, 0.3) is 54.7 Å². The van der Waals surface area contributed by atoms with Crippen LogP contribution in [0.15, 0.2) is 91.0 Å². The predicted octanol–water partition coefficient (Wildman–Crippen LogP) is 7.96. The molecule has 2 fully saturated rings. The quantitative estimate of drug-likeness (QED) is 0.0882. The third kappa shape index (κ3) is 8.86. The number of H-pyrrole nitrogens is 2. The Morgan fingerprint density at radius 2 is 1.13 bits per heavy atom. The molecule has 2 aliphatic rings. The number of ether oxygens (including phenoxy) is 4. The van der Waals surface area contributed by atoms with Crippen LogP contribution in [0, 0.1) is 17.8 Å². The van der Waals surface area contributed by atoms with E-state index in [0.717, 1.165) is 54.7 Å². The van der Waals surface area contributed by atoms with E-state index in [1.165, 1.54) is 14.2 Å². The predicted molar refractivity (Wildman–Crippen MR) is 254 cm³/mol. The second-order valence-corrected chi connectivity index (χ2v) is 18.0. The van der Waals surface area contributed by atoms with Crippen molar-refractivity contribution in [2.24, 2.45) is 17.8 Å². The fraction of sp³-hybridized carbons (Fsp3) is 0.373. The molecule has 4 heterocycles. The molecule has 0 spiro atoms. The molecule has 0 unspecified atom stereocenters. The van der Waals surface area contributed by atoms with E-state index in [1.54, 1.807) is 19.1 Å². The normalized spacial score (nSPS) is 19.4. The van der Waals surface area contributed by atoms with Crippen molar-refractivity contribution in [2.45, 2.75) is 50.9 Å². The molecular weight excluding hydrogens is 853 g/mol. The molecule has 6 atom stereocenters. The Balaban J connectivity index is 0.997. The number of alkyl carbamates (subject to hydrolysis) is 2. The number of nitrogens with one attached hydrogen (secondary N) is 4. The molecule has 9 rings (SSSR count). The summed E-state index contributed by atoms with van der Waals surface area (Å²) in [4.78, 5) is 74.1. The number of amides is 4. The number of carbonyl (C=O) groups is 4. The molecule has 16 nitrogen and oxygen atoms in total. The number of imidazole rings is 2. The smallest absolute Gasteiger partial charge is 0.407 e. The molecule has 348 valence electrons. The van der Waals surface area contributed by atoms with E-state index < -0.39 is 24.3 Å². The molecule has 0 bridgehead atoms. The fourth-order valence-corrected chi connectivity index (χ4v) is 10.0. The zero-order valence-electron chi connectivity index (χ0n) is 38.5. The highest BCUT2D eigenvalue weighted by atomic mass is 16.5. The van der Waals surface area contributed by atoms with E-state index in [2.05, 4.69) is 69.1 Å². The first-order chi connectivity index (χ1) is 32.5. The molecule has 16 heteroatoms. The molecule has 0 aliphatic carbocycles. The number of aromatic nitrogens is 4. The minimum absolute atomic E-state index is 0.0668. The summed E-state index contributed by atoms with van der Waals surface area (Å²) in [6.45, 7) is 5.69. The Kier molecular flexibility index (Phi) is 12.8. The van der Waals surface area contributed by atoms with E-state index in [-0.39, 0.29) is 41.7 Å². The maximum Gasteiger partial charge on any atom is 0.407 e. The van der Waals surface area contributed by atoms with Crippen molar-refractivity contribution in [3.8, 4) is 11.1 Å². The topological polar surface area (TPSA) is 193 Å². The van der Waals surface area contributed by atoms with Gasteiger partial charge < -0.3 is 49.3 Å². The van der Waals surface area contributed by atoms with Gasteiger partial charge in [-0.3, -0.25) is 9.59 Å². The fourth-order valence-electron chi connectivity index (χ4n) is 10.0. The number of likely N-dealkylation sites (tertiary alicyclic amines) is 2. The van der Waals surface area contributed by atoms with Gasteiger partial charge in [-0.2, -0.15) is 0 Å².